The number of aromatic amines is 1. The zero-order valence-electron chi connectivity index (χ0n) is 16.9. The van der Waals surface area contributed by atoms with E-state index in [0.29, 0.717) is 0 Å². The molecule has 148 valence electrons. The van der Waals surface area contributed by atoms with E-state index in [0.717, 1.165) is 52.4 Å². The van der Waals surface area contributed by atoms with Crippen molar-refractivity contribution >= 4 is 49.8 Å². The molecule has 4 aromatic carbocycles. The van der Waals surface area contributed by atoms with Gasteiger partial charge in [-0.2, -0.15) is 0 Å². The lowest BCUT2D eigenvalue weighted by molar-refractivity contribution is 0.759. The minimum atomic E-state index is 0.802. The summed E-state index contributed by atoms with van der Waals surface area (Å²) in [5.41, 5.74) is 4.19. The number of thiocarbonyl (C=S) groups is 1. The number of hydrogen-bond acceptors (Lipinski definition) is 2. The first-order valence-corrected chi connectivity index (χ1v) is 10.8. The molecule has 1 aromatic heterocycles. The van der Waals surface area contributed by atoms with Crippen molar-refractivity contribution in [3.05, 3.63) is 78.4 Å². The SMILES string of the molecule is CCCCNC(=S)c1ccc(-c2nc3c4ccccc4c4ccccc4c3[nH]2)cc1. The molecule has 5 aromatic rings. The highest BCUT2D eigenvalue weighted by Gasteiger charge is 2.13. The third-order valence-corrected chi connectivity index (χ3v) is 5.99. The Bertz CT molecular complexity index is 1290. The smallest absolute Gasteiger partial charge is 0.138 e. The van der Waals surface area contributed by atoms with Crippen LogP contribution in [0.4, 0.5) is 0 Å². The number of benzene rings is 4. The van der Waals surface area contributed by atoms with Gasteiger partial charge >= 0.3 is 0 Å². The van der Waals surface area contributed by atoms with Crippen molar-refractivity contribution in [2.45, 2.75) is 19.8 Å². The Morgan fingerprint density at radius 2 is 1.50 bits per heavy atom. The van der Waals surface area contributed by atoms with Crippen molar-refractivity contribution < 1.29 is 0 Å². The van der Waals surface area contributed by atoms with Crippen LogP contribution in [0.2, 0.25) is 0 Å². The van der Waals surface area contributed by atoms with Crippen LogP contribution in [0.1, 0.15) is 25.3 Å². The molecular formula is C26H23N3S. The maximum absolute atomic E-state index is 5.52. The van der Waals surface area contributed by atoms with E-state index in [-0.39, 0.29) is 0 Å². The number of unbranched alkanes of at least 4 members (excludes halogenated alkanes) is 1. The van der Waals surface area contributed by atoms with E-state index in [1.807, 2.05) is 0 Å². The van der Waals surface area contributed by atoms with Crippen molar-refractivity contribution in [2.75, 3.05) is 6.54 Å². The van der Waals surface area contributed by atoms with Crippen molar-refractivity contribution in [2.24, 2.45) is 0 Å². The highest BCUT2D eigenvalue weighted by Crippen LogP contribution is 2.35. The Morgan fingerprint density at radius 3 is 2.20 bits per heavy atom. The Morgan fingerprint density at radius 1 is 0.867 bits per heavy atom. The molecule has 0 radical (unpaired) electrons. The molecule has 0 saturated heterocycles. The summed E-state index contributed by atoms with van der Waals surface area (Å²) in [7, 11) is 0. The van der Waals surface area contributed by atoms with Gasteiger partial charge in [-0.15, -0.1) is 0 Å². The molecule has 0 spiro atoms. The van der Waals surface area contributed by atoms with Crippen LogP contribution >= 0.6 is 12.2 Å². The zero-order chi connectivity index (χ0) is 20.5. The van der Waals surface area contributed by atoms with E-state index >= 15 is 0 Å². The van der Waals surface area contributed by atoms with Crippen LogP contribution in [0, 0.1) is 0 Å². The topological polar surface area (TPSA) is 40.7 Å². The first-order chi connectivity index (χ1) is 14.8. The van der Waals surface area contributed by atoms with Gasteiger partial charge in [-0.1, -0.05) is 98.4 Å². The van der Waals surface area contributed by atoms with Crippen LogP contribution in [0.25, 0.3) is 44.0 Å². The predicted molar refractivity (Wildman–Crippen MR) is 131 cm³/mol. The van der Waals surface area contributed by atoms with Gasteiger partial charge in [-0.3, -0.25) is 0 Å². The average molecular weight is 410 g/mol. The second kappa shape index (κ2) is 7.88. The van der Waals surface area contributed by atoms with Gasteiger partial charge < -0.3 is 10.3 Å². The number of imidazole rings is 1. The Labute approximate surface area is 181 Å². The Hall–Kier alpha value is -3.24. The number of aromatic nitrogens is 2. The number of hydrogen-bond donors (Lipinski definition) is 2. The molecule has 0 bridgehead atoms. The van der Waals surface area contributed by atoms with Crippen LogP contribution in [0.15, 0.2) is 72.8 Å². The molecule has 2 N–H and O–H groups in total. The number of rotatable bonds is 5. The first-order valence-electron chi connectivity index (χ1n) is 10.4. The molecular weight excluding hydrogens is 386 g/mol. The fourth-order valence-corrected chi connectivity index (χ4v) is 4.26. The summed E-state index contributed by atoms with van der Waals surface area (Å²) in [4.78, 5) is 9.37. The molecule has 0 saturated carbocycles. The van der Waals surface area contributed by atoms with Gasteiger partial charge in [0.1, 0.15) is 10.8 Å². The largest absolute Gasteiger partial charge is 0.376 e. The normalized spacial score (nSPS) is 11.4. The van der Waals surface area contributed by atoms with Gasteiger partial charge in [0.05, 0.1) is 11.0 Å². The summed E-state index contributed by atoms with van der Waals surface area (Å²) in [6.07, 6.45) is 2.28. The molecule has 0 aliphatic carbocycles. The number of nitrogens with zero attached hydrogens (tertiary/aromatic N) is 1. The van der Waals surface area contributed by atoms with Gasteiger partial charge in [-0.05, 0) is 17.2 Å². The van der Waals surface area contributed by atoms with E-state index in [4.69, 9.17) is 17.2 Å². The summed E-state index contributed by atoms with van der Waals surface area (Å²) < 4.78 is 0. The number of fused-ring (bicyclic) bond motifs is 6. The Balaban J connectivity index is 1.58. The highest BCUT2D eigenvalue weighted by molar-refractivity contribution is 7.80. The first kappa shape index (κ1) is 18.8. The van der Waals surface area contributed by atoms with Gasteiger partial charge in [0.15, 0.2) is 0 Å². The second-order valence-electron chi connectivity index (χ2n) is 7.59. The summed E-state index contributed by atoms with van der Waals surface area (Å²) in [6, 6.07) is 25.3. The summed E-state index contributed by atoms with van der Waals surface area (Å²) >= 11 is 5.52. The molecule has 30 heavy (non-hydrogen) atoms. The predicted octanol–water partition coefficient (Wildman–Crippen LogP) is 6.60. The van der Waals surface area contributed by atoms with E-state index in [2.05, 4.69) is 90.0 Å². The monoisotopic (exact) mass is 409 g/mol. The molecule has 4 heteroatoms. The van der Waals surface area contributed by atoms with E-state index in [9.17, 15) is 0 Å². The zero-order valence-corrected chi connectivity index (χ0v) is 17.7. The molecule has 0 unspecified atom stereocenters. The van der Waals surface area contributed by atoms with Crippen LogP contribution in [0.3, 0.4) is 0 Å². The quantitative estimate of drug-likeness (QED) is 0.195. The van der Waals surface area contributed by atoms with Crippen LogP contribution in [-0.4, -0.2) is 21.5 Å². The molecule has 0 aliphatic heterocycles. The third-order valence-electron chi connectivity index (χ3n) is 5.61. The van der Waals surface area contributed by atoms with Crippen molar-refractivity contribution in [1.82, 2.24) is 15.3 Å². The lowest BCUT2D eigenvalue weighted by atomic mass is 10.0. The second-order valence-corrected chi connectivity index (χ2v) is 8.00. The lowest BCUT2D eigenvalue weighted by Crippen LogP contribution is -2.23. The molecule has 1 heterocycles. The maximum atomic E-state index is 5.52. The minimum absolute atomic E-state index is 0.802. The minimum Gasteiger partial charge on any atom is -0.376 e. The average Bonchev–Trinajstić information content (AvgIpc) is 3.25. The maximum Gasteiger partial charge on any atom is 0.138 e. The molecule has 0 atom stereocenters. The lowest BCUT2D eigenvalue weighted by Gasteiger charge is -2.07. The van der Waals surface area contributed by atoms with E-state index < -0.39 is 0 Å². The van der Waals surface area contributed by atoms with Crippen molar-refractivity contribution in [3.63, 3.8) is 0 Å². The van der Waals surface area contributed by atoms with Crippen LogP contribution in [-0.2, 0) is 0 Å². The fraction of sp³-hybridized carbons (Fsp3) is 0.154. The van der Waals surface area contributed by atoms with Crippen molar-refractivity contribution in [3.8, 4) is 11.4 Å². The Kier molecular flexibility index (Phi) is 4.93. The third kappa shape index (κ3) is 3.23. The van der Waals surface area contributed by atoms with Gasteiger partial charge in [-0.25, -0.2) is 4.98 Å². The van der Waals surface area contributed by atoms with E-state index in [1.54, 1.807) is 0 Å². The molecule has 3 nitrogen and oxygen atoms in total. The number of H-pyrrole nitrogens is 1. The summed E-state index contributed by atoms with van der Waals surface area (Å²) in [6.45, 7) is 3.10. The summed E-state index contributed by atoms with van der Waals surface area (Å²) in [5.74, 6) is 0.878. The van der Waals surface area contributed by atoms with Gasteiger partial charge in [0.25, 0.3) is 0 Å². The standard InChI is InChI=1S/C26H23N3S/c1-2-3-16-27-26(30)18-14-12-17(13-15-18)25-28-23-21-10-6-4-8-19(21)20-9-5-7-11-22(20)24(23)29-25/h4-15H,2-3,16H2,1H3,(H,27,30)(H,28,29). The van der Waals surface area contributed by atoms with Gasteiger partial charge in [0, 0.05) is 28.4 Å². The molecule has 5 rings (SSSR count). The van der Waals surface area contributed by atoms with Crippen LogP contribution < -0.4 is 5.32 Å². The van der Waals surface area contributed by atoms with Gasteiger partial charge in [0.2, 0.25) is 0 Å². The fourth-order valence-electron chi connectivity index (χ4n) is 4.02. The summed E-state index contributed by atoms with van der Waals surface area (Å²) in [5, 5.41) is 8.18. The highest BCUT2D eigenvalue weighted by atomic mass is 32.1. The van der Waals surface area contributed by atoms with E-state index in [1.165, 1.54) is 21.5 Å². The number of nitrogens with one attached hydrogen (secondary N) is 2. The molecule has 0 amide bonds. The molecule has 0 fully saturated rings. The van der Waals surface area contributed by atoms with Crippen molar-refractivity contribution in [1.29, 1.82) is 0 Å². The molecule has 0 aliphatic rings. The van der Waals surface area contributed by atoms with Crippen LogP contribution in [0.5, 0.6) is 0 Å².